The molecular weight excluding hydrogens is 296 g/mol. The van der Waals surface area contributed by atoms with Gasteiger partial charge in [-0.2, -0.15) is 0 Å². The summed E-state index contributed by atoms with van der Waals surface area (Å²) in [5.74, 6) is -0.132. The molecule has 2 heterocycles. The second kappa shape index (κ2) is 6.60. The van der Waals surface area contributed by atoms with Gasteiger partial charge in [-0.1, -0.05) is 30.3 Å². The molecular formula is C16H18N4O3. The number of carbonyl (C=O) groups excluding carboxylic acids is 1. The monoisotopic (exact) mass is 314 g/mol. The molecule has 0 spiro atoms. The molecule has 0 aliphatic carbocycles. The van der Waals surface area contributed by atoms with Gasteiger partial charge in [0.25, 0.3) is 0 Å². The highest BCUT2D eigenvalue weighted by atomic mass is 16.6. The molecule has 1 unspecified atom stereocenters. The second-order valence-corrected chi connectivity index (χ2v) is 5.65. The molecule has 1 aromatic heterocycles. The Labute approximate surface area is 133 Å². The van der Waals surface area contributed by atoms with Crippen LogP contribution in [0.4, 0.5) is 5.82 Å². The van der Waals surface area contributed by atoms with E-state index in [2.05, 4.69) is 4.98 Å². The molecule has 1 amide bonds. The molecule has 0 N–H and O–H groups in total. The first-order valence-electron chi connectivity index (χ1n) is 7.66. The Morgan fingerprint density at radius 3 is 2.57 bits per heavy atom. The van der Waals surface area contributed by atoms with Gasteiger partial charge in [0, 0.05) is 13.1 Å². The van der Waals surface area contributed by atoms with Gasteiger partial charge in [0.2, 0.25) is 12.2 Å². The minimum atomic E-state index is -0.527. The lowest BCUT2D eigenvalue weighted by Crippen LogP contribution is -2.30. The van der Waals surface area contributed by atoms with E-state index in [1.165, 1.54) is 12.5 Å². The number of imidazole rings is 1. The predicted octanol–water partition coefficient (Wildman–Crippen LogP) is 2.39. The van der Waals surface area contributed by atoms with Gasteiger partial charge < -0.3 is 19.6 Å². The summed E-state index contributed by atoms with van der Waals surface area (Å²) in [7, 11) is 0. The largest absolute Gasteiger partial charge is 0.381 e. The molecule has 0 radical (unpaired) electrons. The number of likely N-dealkylation sites (tertiary alicyclic amines) is 1. The summed E-state index contributed by atoms with van der Waals surface area (Å²) in [5.41, 5.74) is 0.937. The Bertz CT molecular complexity index is 692. The Kier molecular flexibility index (Phi) is 4.36. The molecule has 2 aromatic rings. The van der Waals surface area contributed by atoms with E-state index >= 15 is 0 Å². The van der Waals surface area contributed by atoms with Crippen LogP contribution in [0.15, 0.2) is 42.9 Å². The van der Waals surface area contributed by atoms with Crippen molar-refractivity contribution in [3.8, 4) is 0 Å². The molecule has 7 heteroatoms. The first kappa shape index (κ1) is 15.2. The summed E-state index contributed by atoms with van der Waals surface area (Å²) in [6.45, 7) is 1.59. The zero-order chi connectivity index (χ0) is 16.2. The molecule has 0 saturated carbocycles. The van der Waals surface area contributed by atoms with Crippen molar-refractivity contribution in [2.24, 2.45) is 0 Å². The Morgan fingerprint density at radius 1 is 1.26 bits per heavy atom. The second-order valence-electron chi connectivity index (χ2n) is 5.65. The number of amides is 1. The van der Waals surface area contributed by atoms with Crippen molar-refractivity contribution in [2.45, 2.75) is 25.3 Å². The smallest absolute Gasteiger partial charge is 0.358 e. The van der Waals surface area contributed by atoms with E-state index in [1.807, 2.05) is 35.2 Å². The van der Waals surface area contributed by atoms with E-state index < -0.39 is 4.92 Å². The van der Waals surface area contributed by atoms with Gasteiger partial charge in [0.15, 0.2) is 0 Å². The first-order valence-corrected chi connectivity index (χ1v) is 7.66. The minimum Gasteiger partial charge on any atom is -0.358 e. The minimum absolute atomic E-state index is 0.0766. The van der Waals surface area contributed by atoms with Crippen LogP contribution in [-0.4, -0.2) is 38.4 Å². The van der Waals surface area contributed by atoms with E-state index in [0.29, 0.717) is 0 Å². The van der Waals surface area contributed by atoms with Crippen molar-refractivity contribution in [1.29, 1.82) is 0 Å². The molecule has 0 bridgehead atoms. The highest BCUT2D eigenvalue weighted by Gasteiger charge is 2.25. The number of hydrogen-bond acceptors (Lipinski definition) is 4. The summed E-state index contributed by atoms with van der Waals surface area (Å²) < 4.78 is 1.65. The van der Waals surface area contributed by atoms with E-state index in [-0.39, 0.29) is 24.2 Å². The average molecular weight is 314 g/mol. The quantitative estimate of drug-likeness (QED) is 0.627. The zero-order valence-corrected chi connectivity index (χ0v) is 12.7. The summed E-state index contributed by atoms with van der Waals surface area (Å²) in [4.78, 5) is 28.5. The summed E-state index contributed by atoms with van der Waals surface area (Å²) >= 11 is 0. The first-order chi connectivity index (χ1) is 11.1. The van der Waals surface area contributed by atoms with Gasteiger partial charge in [-0.05, 0) is 28.3 Å². The topological polar surface area (TPSA) is 81.3 Å². The number of nitro groups is 1. The van der Waals surface area contributed by atoms with Gasteiger partial charge in [-0.15, -0.1) is 0 Å². The standard InChI is InChI=1S/C16H18N4O3/c21-16(18-8-4-5-9-18)10-14(13-6-2-1-3-7-13)19-11-15(17-12-19)20(22)23/h1-3,6-7,11-12,14H,4-5,8-10H2. The molecule has 1 saturated heterocycles. The SMILES string of the molecule is O=C(CC(c1ccccc1)n1cnc([N+](=O)[O-])c1)N1CCCC1. The number of rotatable bonds is 5. The summed E-state index contributed by atoms with van der Waals surface area (Å²) in [6.07, 6.45) is 5.16. The predicted molar refractivity (Wildman–Crippen MR) is 83.9 cm³/mol. The molecule has 1 fully saturated rings. The lowest BCUT2D eigenvalue weighted by Gasteiger charge is -2.21. The number of hydrogen-bond donors (Lipinski definition) is 0. The van der Waals surface area contributed by atoms with Crippen LogP contribution >= 0.6 is 0 Å². The molecule has 1 aromatic carbocycles. The maximum Gasteiger partial charge on any atom is 0.381 e. The average Bonchev–Trinajstić information content (AvgIpc) is 3.24. The van der Waals surface area contributed by atoms with Crippen LogP contribution in [0.1, 0.15) is 30.9 Å². The molecule has 23 heavy (non-hydrogen) atoms. The van der Waals surface area contributed by atoms with Gasteiger partial charge >= 0.3 is 5.82 Å². The maximum absolute atomic E-state index is 12.5. The highest BCUT2D eigenvalue weighted by Crippen LogP contribution is 2.25. The lowest BCUT2D eigenvalue weighted by atomic mass is 10.0. The third-order valence-electron chi connectivity index (χ3n) is 4.15. The molecule has 3 rings (SSSR count). The van der Waals surface area contributed by atoms with Crippen LogP contribution in [0.25, 0.3) is 0 Å². The Morgan fingerprint density at radius 2 is 1.96 bits per heavy atom. The van der Waals surface area contributed by atoms with E-state index in [9.17, 15) is 14.9 Å². The third-order valence-corrected chi connectivity index (χ3v) is 4.15. The van der Waals surface area contributed by atoms with Crippen molar-refractivity contribution in [3.63, 3.8) is 0 Å². The van der Waals surface area contributed by atoms with Gasteiger partial charge in [-0.3, -0.25) is 4.79 Å². The molecule has 7 nitrogen and oxygen atoms in total. The fourth-order valence-electron chi connectivity index (χ4n) is 2.92. The number of aromatic nitrogens is 2. The molecule has 1 aliphatic heterocycles. The van der Waals surface area contributed by atoms with Crippen molar-refractivity contribution in [1.82, 2.24) is 14.5 Å². The number of carbonyl (C=O) groups is 1. The fourth-order valence-corrected chi connectivity index (χ4v) is 2.92. The van der Waals surface area contributed by atoms with E-state index in [1.54, 1.807) is 4.57 Å². The number of nitrogens with zero attached hydrogens (tertiary/aromatic N) is 4. The van der Waals surface area contributed by atoms with Crippen molar-refractivity contribution >= 4 is 11.7 Å². The van der Waals surface area contributed by atoms with Crippen molar-refractivity contribution in [3.05, 3.63) is 58.5 Å². The van der Waals surface area contributed by atoms with Crippen LogP contribution in [0, 0.1) is 10.1 Å². The van der Waals surface area contributed by atoms with Crippen molar-refractivity contribution < 1.29 is 9.72 Å². The normalized spacial score (nSPS) is 15.6. The highest BCUT2D eigenvalue weighted by molar-refractivity contribution is 5.77. The molecule has 1 aliphatic rings. The third kappa shape index (κ3) is 3.39. The van der Waals surface area contributed by atoms with Gasteiger partial charge in [0.1, 0.15) is 6.20 Å². The number of benzene rings is 1. The zero-order valence-electron chi connectivity index (χ0n) is 12.7. The van der Waals surface area contributed by atoms with Crippen LogP contribution < -0.4 is 0 Å². The van der Waals surface area contributed by atoms with Crippen molar-refractivity contribution in [2.75, 3.05) is 13.1 Å². The molecule has 1 atom stereocenters. The Balaban J connectivity index is 1.87. The van der Waals surface area contributed by atoms with E-state index in [4.69, 9.17) is 0 Å². The van der Waals surface area contributed by atoms with Gasteiger partial charge in [0.05, 0.1) is 12.5 Å². The van der Waals surface area contributed by atoms with Crippen LogP contribution in [0.5, 0.6) is 0 Å². The lowest BCUT2D eigenvalue weighted by molar-refractivity contribution is -0.389. The van der Waals surface area contributed by atoms with Crippen LogP contribution in [-0.2, 0) is 4.79 Å². The summed E-state index contributed by atoms with van der Waals surface area (Å²) in [5, 5.41) is 10.9. The van der Waals surface area contributed by atoms with Gasteiger partial charge in [-0.25, -0.2) is 0 Å². The van der Waals surface area contributed by atoms with Crippen LogP contribution in [0.2, 0.25) is 0 Å². The fraction of sp³-hybridized carbons (Fsp3) is 0.375. The Hall–Kier alpha value is -2.70. The maximum atomic E-state index is 12.5. The van der Waals surface area contributed by atoms with Crippen LogP contribution in [0.3, 0.4) is 0 Å². The molecule has 120 valence electrons. The van der Waals surface area contributed by atoms with E-state index in [0.717, 1.165) is 31.5 Å². The summed E-state index contributed by atoms with van der Waals surface area (Å²) in [6, 6.07) is 9.26.